The minimum atomic E-state index is -0.0674. The Morgan fingerprint density at radius 1 is 0.316 bits per heavy atom. The van der Waals surface area contributed by atoms with E-state index in [0.717, 1.165) is 0 Å². The van der Waals surface area contributed by atoms with E-state index in [9.17, 15) is 0 Å². The zero-order chi connectivity index (χ0) is 52.3. The first-order valence-electron chi connectivity index (χ1n) is 27.7. The van der Waals surface area contributed by atoms with Crippen LogP contribution in [0.1, 0.15) is 105 Å². The quantitative estimate of drug-likeness (QED) is 0.164. The van der Waals surface area contributed by atoms with E-state index in [1.54, 1.807) is 0 Å². The summed E-state index contributed by atoms with van der Waals surface area (Å²) in [5, 5.41) is 5.22. The number of rotatable bonds is 3. The summed E-state index contributed by atoms with van der Waals surface area (Å²) in [7, 11) is 0. The Morgan fingerprint density at radius 3 is 1.34 bits per heavy atom. The second kappa shape index (κ2) is 15.0. The highest BCUT2D eigenvalue weighted by Gasteiger charge is 2.51. The van der Waals surface area contributed by atoms with E-state index in [-0.39, 0.29) is 35.1 Å². The summed E-state index contributed by atoms with van der Waals surface area (Å²) < 4.78 is 5.35. The highest BCUT2D eigenvalue weighted by molar-refractivity contribution is 7.04. The van der Waals surface area contributed by atoms with E-state index in [0.29, 0.717) is 0 Å². The molecule has 0 atom stereocenters. The molecule has 2 aromatic heterocycles. The maximum absolute atomic E-state index is 2.78. The number of para-hydroxylation sites is 3. The van der Waals surface area contributed by atoms with E-state index in [2.05, 4.69) is 272 Å². The molecule has 0 unspecified atom stereocenters. The molecule has 6 heteroatoms. The van der Waals surface area contributed by atoms with Crippen LogP contribution in [0.3, 0.4) is 0 Å². The van der Waals surface area contributed by atoms with Gasteiger partial charge in [0.15, 0.2) is 0 Å². The Bertz CT molecular complexity index is 4320. The van der Waals surface area contributed by atoms with E-state index in [1.165, 1.54) is 144 Å². The van der Waals surface area contributed by atoms with Gasteiger partial charge < -0.3 is 18.9 Å². The van der Waals surface area contributed by atoms with Crippen LogP contribution < -0.4 is 42.6 Å². The van der Waals surface area contributed by atoms with Crippen LogP contribution >= 0.6 is 0 Å². The Labute approximate surface area is 448 Å². The van der Waals surface area contributed by atoms with Gasteiger partial charge in [-0.2, -0.15) is 0 Å². The van der Waals surface area contributed by atoms with Crippen LogP contribution in [-0.4, -0.2) is 22.6 Å². The lowest BCUT2D eigenvalue weighted by Crippen LogP contribution is -2.67. The molecule has 0 radical (unpaired) electrons. The number of benzene rings is 9. The fourth-order valence-corrected chi connectivity index (χ4v) is 14.0. The molecule has 0 saturated carbocycles. The average molecular weight is 983 g/mol. The van der Waals surface area contributed by atoms with Gasteiger partial charge in [0, 0.05) is 72.6 Å². The summed E-state index contributed by atoms with van der Waals surface area (Å²) >= 11 is 0. The van der Waals surface area contributed by atoms with Crippen LogP contribution in [0.15, 0.2) is 170 Å². The molecule has 370 valence electrons. The molecule has 0 fully saturated rings. The van der Waals surface area contributed by atoms with E-state index in [1.807, 2.05) is 0 Å². The molecule has 11 aromatic rings. The molecule has 9 aromatic carbocycles. The molecule has 0 amide bonds. The summed E-state index contributed by atoms with van der Waals surface area (Å²) in [5.74, 6) is 0. The molecule has 6 heterocycles. The minimum absolute atomic E-state index is 0.0160. The van der Waals surface area contributed by atoms with Crippen LogP contribution in [0, 0.1) is 0 Å². The van der Waals surface area contributed by atoms with E-state index < -0.39 is 0 Å². The van der Waals surface area contributed by atoms with Gasteiger partial charge in [0.2, 0.25) is 0 Å². The number of hydrogen-bond acceptors (Lipinski definition) is 2. The SMILES string of the molecule is CC(C)(C)c1ccc(N2c3ccc(C(C)(C)C)cc3B3c4c2cc2c5c4-n4c6c3cccc6c3c4c(cc4c6ccccc6n(-c6ccccc6)c43)B5c3cc(C(C)(C)C)ccc3N2c2ccc(C(C)(C)C)cc2)cc1. The van der Waals surface area contributed by atoms with Crippen molar-refractivity contribution in [1.82, 2.24) is 9.13 Å². The van der Waals surface area contributed by atoms with Crippen LogP contribution in [0.4, 0.5) is 34.1 Å². The highest BCUT2D eigenvalue weighted by Crippen LogP contribution is 2.50. The topological polar surface area (TPSA) is 16.3 Å². The summed E-state index contributed by atoms with van der Waals surface area (Å²) in [6.45, 7) is 28.0. The van der Waals surface area contributed by atoms with Gasteiger partial charge in [-0.15, -0.1) is 0 Å². The summed E-state index contributed by atoms with van der Waals surface area (Å²) in [6.07, 6.45) is 0. The number of anilines is 6. The Kier molecular flexibility index (Phi) is 9.04. The van der Waals surface area contributed by atoms with Crippen LogP contribution in [0.5, 0.6) is 0 Å². The number of hydrogen-bond donors (Lipinski definition) is 0. The van der Waals surface area contributed by atoms with Crippen molar-refractivity contribution in [3.05, 3.63) is 192 Å². The van der Waals surface area contributed by atoms with Crippen LogP contribution in [-0.2, 0) is 21.7 Å². The van der Waals surface area contributed by atoms with Crippen molar-refractivity contribution >= 4 is 124 Å². The van der Waals surface area contributed by atoms with Crippen molar-refractivity contribution in [2.24, 2.45) is 0 Å². The normalized spacial score (nSPS) is 14.5. The molecular formula is C70H64B2N4. The van der Waals surface area contributed by atoms with Crippen molar-refractivity contribution in [2.45, 2.75) is 105 Å². The maximum Gasteiger partial charge on any atom is 0.252 e. The Morgan fingerprint density at radius 2 is 0.803 bits per heavy atom. The Hall–Kier alpha value is -7.69. The van der Waals surface area contributed by atoms with Crippen LogP contribution in [0.2, 0.25) is 0 Å². The van der Waals surface area contributed by atoms with Crippen molar-refractivity contribution in [3.8, 4) is 11.4 Å². The lowest BCUT2D eigenvalue weighted by molar-refractivity contribution is 0.590. The highest BCUT2D eigenvalue weighted by atomic mass is 15.2. The van der Waals surface area contributed by atoms with Crippen molar-refractivity contribution < 1.29 is 0 Å². The van der Waals surface area contributed by atoms with Gasteiger partial charge in [-0.25, -0.2) is 0 Å². The molecule has 0 spiro atoms. The Balaban J connectivity index is 1.17. The molecule has 0 saturated heterocycles. The second-order valence-corrected chi connectivity index (χ2v) is 26.6. The summed E-state index contributed by atoms with van der Waals surface area (Å²) in [4.78, 5) is 5.26. The second-order valence-electron chi connectivity index (χ2n) is 26.6. The molecule has 15 rings (SSSR count). The molecule has 0 N–H and O–H groups in total. The smallest absolute Gasteiger partial charge is 0.252 e. The third-order valence-corrected chi connectivity index (χ3v) is 17.9. The lowest BCUT2D eigenvalue weighted by Gasteiger charge is -2.47. The maximum atomic E-state index is 2.78. The number of fused-ring (bicyclic) bond motifs is 11. The number of nitrogens with zero attached hydrogens (tertiary/aromatic N) is 4. The van der Waals surface area contributed by atoms with Gasteiger partial charge in [-0.05, 0) is 137 Å². The van der Waals surface area contributed by atoms with Crippen molar-refractivity contribution in [1.29, 1.82) is 0 Å². The first-order chi connectivity index (χ1) is 36.3. The number of aromatic nitrogens is 2. The first kappa shape index (κ1) is 45.7. The molecule has 4 aliphatic rings. The third-order valence-electron chi connectivity index (χ3n) is 17.9. The zero-order valence-corrected chi connectivity index (χ0v) is 46.1. The molecular weight excluding hydrogens is 918 g/mol. The fraction of sp³-hybridized carbons (Fsp3) is 0.229. The minimum Gasteiger partial charge on any atom is -0.311 e. The van der Waals surface area contributed by atoms with Gasteiger partial charge in [-0.3, -0.25) is 0 Å². The predicted molar refractivity (Wildman–Crippen MR) is 329 cm³/mol. The van der Waals surface area contributed by atoms with Crippen molar-refractivity contribution in [3.63, 3.8) is 0 Å². The van der Waals surface area contributed by atoms with Gasteiger partial charge in [0.25, 0.3) is 13.4 Å². The largest absolute Gasteiger partial charge is 0.311 e. The van der Waals surface area contributed by atoms with Gasteiger partial charge in [0.1, 0.15) is 0 Å². The lowest BCUT2D eigenvalue weighted by atomic mass is 9.29. The monoisotopic (exact) mass is 983 g/mol. The van der Waals surface area contributed by atoms with Crippen LogP contribution in [0.25, 0.3) is 55.0 Å². The summed E-state index contributed by atoms with van der Waals surface area (Å²) in [5.41, 5.74) is 28.6. The molecule has 0 bridgehead atoms. The van der Waals surface area contributed by atoms with Crippen molar-refractivity contribution in [2.75, 3.05) is 9.80 Å². The summed E-state index contributed by atoms with van der Waals surface area (Å²) in [6, 6.07) is 66.6. The van der Waals surface area contributed by atoms with Gasteiger partial charge in [-0.1, -0.05) is 192 Å². The standard InChI is InChI=1S/C70H64B2N4/c1-67(2,3)41-25-31-46(32-26-41)73-56-35-29-43(69(7,8)9)37-52(56)71-51-23-18-22-49-60-64-50(48-21-16-17-24-55(48)75(64)45-19-14-13-15-20-45)39-54-65(60)76(63(49)51)66-61(71)58(73)40-59-62(66)72(54)53-38-44(70(10,11)12)30-36-57(53)74(59)47-33-27-42(28-34-47)68(4,5)6/h13-40H,1-12H3. The fourth-order valence-electron chi connectivity index (χ4n) is 14.0. The molecule has 4 aliphatic heterocycles. The van der Waals surface area contributed by atoms with E-state index >= 15 is 0 Å². The third kappa shape index (κ3) is 6.10. The van der Waals surface area contributed by atoms with Gasteiger partial charge in [0.05, 0.1) is 16.6 Å². The van der Waals surface area contributed by atoms with E-state index in [4.69, 9.17) is 0 Å². The average Bonchev–Trinajstić information content (AvgIpc) is 2.94. The molecule has 76 heavy (non-hydrogen) atoms. The van der Waals surface area contributed by atoms with Gasteiger partial charge >= 0.3 is 0 Å². The molecule has 0 aliphatic carbocycles. The predicted octanol–water partition coefficient (Wildman–Crippen LogP) is 14.3. The molecule has 4 nitrogen and oxygen atoms in total. The first-order valence-corrected chi connectivity index (χ1v) is 27.7. The zero-order valence-electron chi connectivity index (χ0n) is 46.1.